The number of halogens is 1. The second kappa shape index (κ2) is 7.72. The summed E-state index contributed by atoms with van der Waals surface area (Å²) in [6, 6.07) is 7.17. The van der Waals surface area contributed by atoms with Crippen LogP contribution in [0, 0.1) is 15.9 Å². The first kappa shape index (κ1) is 20.0. The van der Waals surface area contributed by atoms with Crippen LogP contribution in [0.25, 0.3) is 0 Å². The second-order valence-corrected chi connectivity index (χ2v) is 8.14. The molecule has 1 saturated heterocycles. The van der Waals surface area contributed by atoms with Gasteiger partial charge in [-0.2, -0.15) is 8.70 Å². The van der Waals surface area contributed by atoms with Gasteiger partial charge in [-0.05, 0) is 43.2 Å². The lowest BCUT2D eigenvalue weighted by Gasteiger charge is -2.26. The summed E-state index contributed by atoms with van der Waals surface area (Å²) in [6.45, 7) is 0.235. The number of hydrogen-bond acceptors (Lipinski definition) is 6. The Morgan fingerprint density at radius 3 is 2.57 bits per heavy atom. The highest BCUT2D eigenvalue weighted by Gasteiger charge is 2.38. The van der Waals surface area contributed by atoms with Crippen LogP contribution in [-0.2, 0) is 10.0 Å². The molecule has 1 aliphatic rings. The van der Waals surface area contributed by atoms with Crippen LogP contribution in [0.4, 0.5) is 10.1 Å². The van der Waals surface area contributed by atoms with Gasteiger partial charge in [-0.1, -0.05) is 0 Å². The maximum absolute atomic E-state index is 13.6. The van der Waals surface area contributed by atoms with Crippen molar-refractivity contribution in [1.29, 1.82) is 0 Å². The van der Waals surface area contributed by atoms with Gasteiger partial charge in [0.2, 0.25) is 15.8 Å². The van der Waals surface area contributed by atoms with Crippen LogP contribution in [-0.4, -0.2) is 38.4 Å². The van der Waals surface area contributed by atoms with Crippen molar-refractivity contribution in [2.75, 3.05) is 20.8 Å². The van der Waals surface area contributed by atoms with Gasteiger partial charge in [0.05, 0.1) is 30.1 Å². The fourth-order valence-corrected chi connectivity index (χ4v) is 5.06. The molecule has 1 heterocycles. The molecule has 2 aromatic carbocycles. The van der Waals surface area contributed by atoms with Gasteiger partial charge in [-0.15, -0.1) is 0 Å². The number of nitro groups is 1. The van der Waals surface area contributed by atoms with E-state index in [4.69, 9.17) is 9.47 Å². The smallest absolute Gasteiger partial charge is 0.306 e. The third-order valence-corrected chi connectivity index (χ3v) is 6.62. The van der Waals surface area contributed by atoms with E-state index in [1.165, 1.54) is 18.5 Å². The molecular weight excluding hydrogens is 391 g/mol. The van der Waals surface area contributed by atoms with Crippen LogP contribution in [0.3, 0.4) is 0 Å². The average molecular weight is 410 g/mol. The zero-order chi connectivity index (χ0) is 20.5. The largest absolute Gasteiger partial charge is 0.497 e. The molecule has 0 unspecified atom stereocenters. The van der Waals surface area contributed by atoms with Crippen molar-refractivity contribution >= 4 is 15.7 Å². The molecule has 1 fully saturated rings. The zero-order valence-electron chi connectivity index (χ0n) is 15.3. The number of sulfonamides is 1. The molecular formula is C18H19FN2O6S. The van der Waals surface area contributed by atoms with Gasteiger partial charge >= 0.3 is 5.69 Å². The summed E-state index contributed by atoms with van der Waals surface area (Å²) in [7, 11) is -1.09. The van der Waals surface area contributed by atoms with E-state index in [9.17, 15) is 22.9 Å². The van der Waals surface area contributed by atoms with E-state index in [0.29, 0.717) is 29.9 Å². The first-order chi connectivity index (χ1) is 13.3. The third-order valence-electron chi connectivity index (χ3n) is 4.72. The van der Waals surface area contributed by atoms with Crippen LogP contribution in [0.2, 0.25) is 0 Å². The number of ether oxygens (including phenoxy) is 2. The van der Waals surface area contributed by atoms with E-state index in [1.54, 1.807) is 18.2 Å². The Balaban J connectivity index is 2.06. The summed E-state index contributed by atoms with van der Waals surface area (Å²) < 4.78 is 51.8. The standard InChI is InChI=1S/C18H19FN2O6S/c1-26-12-5-8-18(27-2)14(10-12)16-4-3-9-20(16)28(24,25)13-6-7-15(19)17(11-13)21(22)23/h5-8,10-11,16H,3-4,9H2,1-2H3/t16-/m0/s1. The number of methoxy groups -OCH3 is 2. The Hall–Kier alpha value is -2.72. The fourth-order valence-electron chi connectivity index (χ4n) is 3.37. The molecule has 0 radical (unpaired) electrons. The summed E-state index contributed by atoms with van der Waals surface area (Å²) in [5.74, 6) is -0.0214. The quantitative estimate of drug-likeness (QED) is 0.535. The summed E-state index contributed by atoms with van der Waals surface area (Å²) in [4.78, 5) is 9.72. The van der Waals surface area contributed by atoms with Gasteiger partial charge in [0, 0.05) is 18.2 Å². The fraction of sp³-hybridized carbons (Fsp3) is 0.333. The minimum Gasteiger partial charge on any atom is -0.497 e. The molecule has 0 amide bonds. The summed E-state index contributed by atoms with van der Waals surface area (Å²) in [6.07, 6.45) is 1.15. The van der Waals surface area contributed by atoms with Crippen molar-refractivity contribution in [3.05, 3.63) is 57.9 Å². The van der Waals surface area contributed by atoms with Gasteiger partial charge < -0.3 is 9.47 Å². The Kier molecular flexibility index (Phi) is 5.52. The molecule has 1 atom stereocenters. The van der Waals surface area contributed by atoms with E-state index in [2.05, 4.69) is 0 Å². The minimum atomic E-state index is -4.09. The Bertz CT molecular complexity index is 1010. The number of hydrogen-bond donors (Lipinski definition) is 0. The van der Waals surface area contributed by atoms with Crippen LogP contribution in [0.5, 0.6) is 11.5 Å². The minimum absolute atomic E-state index is 0.235. The van der Waals surface area contributed by atoms with E-state index in [1.807, 2.05) is 0 Å². The molecule has 0 N–H and O–H groups in total. The molecule has 3 rings (SSSR count). The Morgan fingerprint density at radius 1 is 1.18 bits per heavy atom. The molecule has 10 heteroatoms. The van der Waals surface area contributed by atoms with Gasteiger partial charge in [0.15, 0.2) is 0 Å². The SMILES string of the molecule is COc1ccc(OC)c([C@@H]2CCCN2S(=O)(=O)c2ccc(F)c([N+](=O)[O-])c2)c1. The highest BCUT2D eigenvalue weighted by Crippen LogP contribution is 2.42. The maximum atomic E-state index is 13.6. The van der Waals surface area contributed by atoms with E-state index in [-0.39, 0.29) is 11.4 Å². The number of nitrogens with zero attached hydrogens (tertiary/aromatic N) is 2. The number of nitro benzene ring substituents is 1. The normalized spacial score (nSPS) is 17.5. The molecule has 8 nitrogen and oxygen atoms in total. The third kappa shape index (κ3) is 3.52. The molecule has 150 valence electrons. The van der Waals surface area contributed by atoms with E-state index >= 15 is 0 Å². The lowest BCUT2D eigenvalue weighted by Crippen LogP contribution is -2.31. The van der Waals surface area contributed by atoms with Crippen LogP contribution >= 0.6 is 0 Å². The monoisotopic (exact) mass is 410 g/mol. The van der Waals surface area contributed by atoms with Crippen LogP contribution in [0.1, 0.15) is 24.4 Å². The molecule has 0 aromatic heterocycles. The number of benzene rings is 2. The Labute approximate surface area is 161 Å². The number of rotatable bonds is 6. The van der Waals surface area contributed by atoms with Crippen molar-refractivity contribution < 1.29 is 27.2 Å². The topological polar surface area (TPSA) is 99.0 Å². The molecule has 0 aliphatic carbocycles. The van der Waals surface area contributed by atoms with E-state index < -0.39 is 32.5 Å². The maximum Gasteiger partial charge on any atom is 0.306 e. The summed E-state index contributed by atoms with van der Waals surface area (Å²) in [5.41, 5.74) is -0.240. The first-order valence-electron chi connectivity index (χ1n) is 8.47. The van der Waals surface area contributed by atoms with Crippen molar-refractivity contribution in [2.45, 2.75) is 23.8 Å². The molecule has 2 aromatic rings. The average Bonchev–Trinajstić information content (AvgIpc) is 3.18. The highest BCUT2D eigenvalue weighted by molar-refractivity contribution is 7.89. The van der Waals surface area contributed by atoms with E-state index in [0.717, 1.165) is 18.2 Å². The first-order valence-corrected chi connectivity index (χ1v) is 9.91. The lowest BCUT2D eigenvalue weighted by molar-refractivity contribution is -0.387. The predicted octanol–water partition coefficient (Wildman–Crippen LogP) is 3.28. The van der Waals surface area contributed by atoms with Crippen molar-refractivity contribution in [2.24, 2.45) is 0 Å². The second-order valence-electron chi connectivity index (χ2n) is 6.25. The Morgan fingerprint density at radius 2 is 1.93 bits per heavy atom. The molecule has 0 saturated carbocycles. The van der Waals surface area contributed by atoms with Gasteiger partial charge in [-0.25, -0.2) is 8.42 Å². The van der Waals surface area contributed by atoms with Crippen LogP contribution in [0.15, 0.2) is 41.3 Å². The summed E-state index contributed by atoms with van der Waals surface area (Å²) in [5, 5.41) is 11.0. The zero-order valence-corrected chi connectivity index (χ0v) is 16.1. The van der Waals surface area contributed by atoms with Crippen LogP contribution < -0.4 is 9.47 Å². The van der Waals surface area contributed by atoms with Crippen molar-refractivity contribution in [3.8, 4) is 11.5 Å². The van der Waals surface area contributed by atoms with Crippen molar-refractivity contribution in [3.63, 3.8) is 0 Å². The predicted molar refractivity (Wildman–Crippen MR) is 98.5 cm³/mol. The molecule has 0 bridgehead atoms. The summed E-state index contributed by atoms with van der Waals surface area (Å²) >= 11 is 0. The van der Waals surface area contributed by atoms with Crippen molar-refractivity contribution in [1.82, 2.24) is 4.31 Å². The highest BCUT2D eigenvalue weighted by atomic mass is 32.2. The molecule has 0 spiro atoms. The molecule has 28 heavy (non-hydrogen) atoms. The van der Waals surface area contributed by atoms with Gasteiger partial charge in [0.1, 0.15) is 11.5 Å². The van der Waals surface area contributed by atoms with Gasteiger partial charge in [0.25, 0.3) is 0 Å². The molecule has 1 aliphatic heterocycles. The lowest BCUT2D eigenvalue weighted by atomic mass is 10.0. The van der Waals surface area contributed by atoms with Gasteiger partial charge in [-0.3, -0.25) is 10.1 Å².